The van der Waals surface area contributed by atoms with Crippen LogP contribution in [0, 0.1) is 0 Å². The van der Waals surface area contributed by atoms with Crippen LogP contribution in [-0.4, -0.2) is 20.2 Å². The van der Waals surface area contributed by atoms with E-state index in [9.17, 15) is 4.57 Å². The van der Waals surface area contributed by atoms with Gasteiger partial charge in [-0.3, -0.25) is 4.52 Å². The van der Waals surface area contributed by atoms with E-state index in [0.29, 0.717) is 0 Å². The van der Waals surface area contributed by atoms with Crippen LogP contribution in [-0.2, 0) is 13.7 Å². The molecule has 0 spiro atoms. The molecular formula is C3H8ClO6P2+. The quantitative estimate of drug-likeness (QED) is 0.380. The lowest BCUT2D eigenvalue weighted by molar-refractivity contribution is 0.199. The molecule has 0 radical (unpaired) electrons. The fourth-order valence-corrected chi connectivity index (χ4v) is 0.834. The summed E-state index contributed by atoms with van der Waals surface area (Å²) < 4.78 is 22.4. The van der Waals surface area contributed by atoms with E-state index in [1.807, 2.05) is 0 Å². The van der Waals surface area contributed by atoms with Gasteiger partial charge in [0, 0.05) is 0 Å². The normalized spacial score (nSPS) is 13.0. The van der Waals surface area contributed by atoms with E-state index in [4.69, 9.17) is 30.8 Å². The van der Waals surface area contributed by atoms with Crippen molar-refractivity contribution in [3.05, 3.63) is 12.7 Å². The lowest BCUT2D eigenvalue weighted by Gasteiger charge is -2.05. The number of halogens is 1. The van der Waals surface area contributed by atoms with E-state index in [1.165, 1.54) is 0 Å². The maximum atomic E-state index is 9.94. The van der Waals surface area contributed by atoms with Gasteiger partial charge in [-0.1, -0.05) is 18.2 Å². The minimum absolute atomic E-state index is 1.07. The molecule has 2 unspecified atom stereocenters. The van der Waals surface area contributed by atoms with E-state index in [1.54, 1.807) is 0 Å². The summed E-state index contributed by atoms with van der Waals surface area (Å²) in [6.45, 7) is 3.14. The van der Waals surface area contributed by atoms with Gasteiger partial charge in [0.05, 0.1) is 0 Å². The topological polar surface area (TPSA) is 104 Å². The van der Waals surface area contributed by atoms with Gasteiger partial charge in [-0.2, -0.15) is 4.89 Å². The molecule has 12 heavy (non-hydrogen) atoms. The second-order valence-corrected chi connectivity index (χ2v) is 3.08. The molecule has 0 saturated heterocycles. The van der Waals surface area contributed by atoms with Crippen LogP contribution in [0.4, 0.5) is 0 Å². The minimum atomic E-state index is -4.44. The Kier molecular flexibility index (Phi) is 9.60. The third-order valence-electron chi connectivity index (χ3n) is 0.423. The SMILES string of the molecule is C=CC(Cl)OP(=O)(O)O.O=[PH+]O. The molecule has 9 heteroatoms. The van der Waals surface area contributed by atoms with Crippen LogP contribution in [0.5, 0.6) is 0 Å². The largest absolute Gasteiger partial charge is 0.491 e. The highest BCUT2D eigenvalue weighted by molar-refractivity contribution is 7.46. The van der Waals surface area contributed by atoms with Gasteiger partial charge in [0.1, 0.15) is 0 Å². The molecule has 6 nitrogen and oxygen atoms in total. The summed E-state index contributed by atoms with van der Waals surface area (Å²) in [4.78, 5) is 23.2. The van der Waals surface area contributed by atoms with Gasteiger partial charge in [-0.05, 0) is 10.6 Å². The van der Waals surface area contributed by atoms with Crippen LogP contribution in [0.25, 0.3) is 0 Å². The Bertz CT molecular complexity index is 178. The van der Waals surface area contributed by atoms with Gasteiger partial charge < -0.3 is 9.79 Å². The molecule has 0 bridgehead atoms. The Morgan fingerprint density at radius 3 is 2.08 bits per heavy atom. The summed E-state index contributed by atoms with van der Waals surface area (Å²) >= 11 is 5.12. The van der Waals surface area contributed by atoms with Crippen molar-refractivity contribution in [3.8, 4) is 0 Å². The highest BCUT2D eigenvalue weighted by atomic mass is 35.5. The smallest absolute Gasteiger partial charge is 0.303 e. The maximum Gasteiger partial charge on any atom is 0.491 e. The summed E-state index contributed by atoms with van der Waals surface area (Å²) in [5.74, 6) is 0. The summed E-state index contributed by atoms with van der Waals surface area (Å²) in [6, 6.07) is 0. The first-order valence-electron chi connectivity index (χ1n) is 2.39. The fraction of sp³-hybridized carbons (Fsp3) is 0.333. The molecule has 0 aliphatic carbocycles. The highest BCUT2D eigenvalue weighted by Gasteiger charge is 2.17. The average molecular weight is 237 g/mol. The van der Waals surface area contributed by atoms with Crippen molar-refractivity contribution in [1.29, 1.82) is 0 Å². The first-order chi connectivity index (χ1) is 5.37. The van der Waals surface area contributed by atoms with Crippen LogP contribution in [0.2, 0.25) is 0 Å². The van der Waals surface area contributed by atoms with Gasteiger partial charge in [-0.25, -0.2) is 4.57 Å². The fourth-order valence-electron chi connectivity index (χ4n) is 0.174. The van der Waals surface area contributed by atoms with Gasteiger partial charge in [-0.15, -0.1) is 0 Å². The molecule has 2 atom stereocenters. The molecule has 0 rings (SSSR count). The second-order valence-electron chi connectivity index (χ2n) is 1.27. The summed E-state index contributed by atoms with van der Waals surface area (Å²) in [6.07, 6.45) is 1.07. The Morgan fingerprint density at radius 2 is 2.00 bits per heavy atom. The molecule has 0 aromatic heterocycles. The zero-order chi connectivity index (χ0) is 10.2. The van der Waals surface area contributed by atoms with Crippen LogP contribution in [0.3, 0.4) is 0 Å². The van der Waals surface area contributed by atoms with Crippen LogP contribution < -0.4 is 0 Å². The van der Waals surface area contributed by atoms with Crippen molar-refractivity contribution in [3.63, 3.8) is 0 Å². The van der Waals surface area contributed by atoms with Crippen molar-refractivity contribution in [2.75, 3.05) is 0 Å². The van der Waals surface area contributed by atoms with Gasteiger partial charge in [0.15, 0.2) is 5.56 Å². The molecule has 0 heterocycles. The molecule has 0 saturated carbocycles. The van der Waals surface area contributed by atoms with Crippen LogP contribution in [0.1, 0.15) is 0 Å². The number of alkyl halides is 1. The molecular weight excluding hydrogens is 229 g/mol. The molecule has 72 valence electrons. The minimum Gasteiger partial charge on any atom is -0.303 e. The van der Waals surface area contributed by atoms with Crippen molar-refractivity contribution >= 4 is 28.1 Å². The zero-order valence-corrected chi connectivity index (χ0v) is 8.40. The molecule has 0 fully saturated rings. The molecule has 0 amide bonds. The number of phosphoric acid groups is 1. The first-order valence-corrected chi connectivity index (χ1v) is 5.21. The number of hydrogen-bond acceptors (Lipinski definition) is 3. The third kappa shape index (κ3) is 16.7. The molecule has 0 aromatic carbocycles. The third-order valence-corrected chi connectivity index (χ3v) is 1.32. The summed E-state index contributed by atoms with van der Waals surface area (Å²) in [5, 5.41) is 0. The standard InChI is InChI=1S/C3H6ClO4P.HO2P/c1-2-3(4)8-9(5,6)7;1-3-2/h2-3H,1H2,(H2,5,6,7);3H/p+1. The van der Waals surface area contributed by atoms with E-state index in [0.717, 1.165) is 6.08 Å². The van der Waals surface area contributed by atoms with Crippen molar-refractivity contribution in [2.24, 2.45) is 0 Å². The van der Waals surface area contributed by atoms with E-state index in [-0.39, 0.29) is 0 Å². The average Bonchev–Trinajstić information content (AvgIpc) is 1.86. The highest BCUT2D eigenvalue weighted by Crippen LogP contribution is 2.38. The molecule has 0 aliphatic rings. The lowest BCUT2D eigenvalue weighted by atomic mass is 10.7. The Morgan fingerprint density at radius 1 is 1.67 bits per heavy atom. The van der Waals surface area contributed by atoms with E-state index in [2.05, 4.69) is 11.1 Å². The Balaban J connectivity index is 0. The first kappa shape index (κ1) is 14.7. The van der Waals surface area contributed by atoms with Crippen molar-refractivity contribution < 1.29 is 28.3 Å². The Hall–Kier alpha value is 0.200. The monoisotopic (exact) mass is 237 g/mol. The van der Waals surface area contributed by atoms with E-state index >= 15 is 0 Å². The van der Waals surface area contributed by atoms with Gasteiger partial charge >= 0.3 is 16.5 Å². The molecule has 0 aromatic rings. The van der Waals surface area contributed by atoms with Crippen molar-refractivity contribution in [1.82, 2.24) is 0 Å². The predicted octanol–water partition coefficient (Wildman–Crippen LogP) is 0.764. The van der Waals surface area contributed by atoms with Crippen LogP contribution >= 0.6 is 28.1 Å². The predicted molar refractivity (Wildman–Crippen MR) is 44.2 cm³/mol. The lowest BCUT2D eigenvalue weighted by Crippen LogP contribution is -1.97. The van der Waals surface area contributed by atoms with Crippen molar-refractivity contribution in [2.45, 2.75) is 5.56 Å². The summed E-state index contributed by atoms with van der Waals surface area (Å²) in [7, 11) is -5.61. The van der Waals surface area contributed by atoms with E-state index < -0.39 is 22.1 Å². The molecule has 3 N–H and O–H groups in total. The zero-order valence-electron chi connectivity index (χ0n) is 5.75. The van der Waals surface area contributed by atoms with Crippen LogP contribution in [0.15, 0.2) is 12.7 Å². The summed E-state index contributed by atoms with van der Waals surface area (Å²) in [5.41, 5.74) is -1.13. The van der Waals surface area contributed by atoms with Gasteiger partial charge in [0.25, 0.3) is 0 Å². The molecule has 0 aliphatic heterocycles. The Labute approximate surface area is 75.3 Å². The van der Waals surface area contributed by atoms with Gasteiger partial charge in [0.2, 0.25) is 0 Å². The second kappa shape index (κ2) is 7.83. The number of rotatable bonds is 3. The number of hydrogen-bond donors (Lipinski definition) is 3. The number of phosphoric ester groups is 1. The maximum absolute atomic E-state index is 9.94.